The molecule has 2 atom stereocenters. The Labute approximate surface area is 344 Å². The maximum atomic E-state index is 13.8. The molecular weight excluding hydrogens is 769 g/mol. The highest BCUT2D eigenvalue weighted by atomic mass is 16.5. The van der Waals surface area contributed by atoms with E-state index in [-0.39, 0.29) is 35.0 Å². The van der Waals surface area contributed by atoms with Crippen LogP contribution in [0, 0.1) is 13.8 Å². The van der Waals surface area contributed by atoms with Crippen molar-refractivity contribution in [2.24, 2.45) is 11.5 Å². The highest BCUT2D eigenvalue weighted by Gasteiger charge is 2.29. The third kappa shape index (κ3) is 7.55. The van der Waals surface area contributed by atoms with Gasteiger partial charge in [-0.3, -0.25) is 39.2 Å². The molecule has 0 radical (unpaired) electrons. The molecule has 18 nitrogen and oxygen atoms in total. The number of aryl methyl sites for hydroxylation is 4. The molecule has 4 aromatic heterocycles. The second kappa shape index (κ2) is 16.3. The number of nitrogens with one attached hydrogen (secondary N) is 2. The van der Waals surface area contributed by atoms with Gasteiger partial charge < -0.3 is 30.1 Å². The summed E-state index contributed by atoms with van der Waals surface area (Å²) < 4.78 is 19.6. The molecule has 18 heteroatoms. The Morgan fingerprint density at radius 1 is 0.683 bits per heavy atom. The predicted octanol–water partition coefficient (Wildman–Crippen LogP) is 5.60. The number of imidazole rings is 2. The van der Waals surface area contributed by atoms with Crippen LogP contribution in [-0.4, -0.2) is 75.5 Å². The molecule has 0 saturated carbocycles. The van der Waals surface area contributed by atoms with Crippen LogP contribution < -0.4 is 31.6 Å². The van der Waals surface area contributed by atoms with Crippen molar-refractivity contribution in [1.29, 1.82) is 0 Å². The number of aromatic nitrogens is 8. The average molecular weight is 817 g/mol. The van der Waals surface area contributed by atoms with E-state index in [0.717, 1.165) is 11.4 Å². The first-order valence-electron chi connectivity index (χ1n) is 20.3. The summed E-state index contributed by atoms with van der Waals surface area (Å²) >= 11 is 0. The van der Waals surface area contributed by atoms with Crippen LogP contribution in [0.3, 0.4) is 0 Å². The summed E-state index contributed by atoms with van der Waals surface area (Å²) in [6.45, 7) is 9.37. The van der Waals surface area contributed by atoms with Gasteiger partial charge in [-0.2, -0.15) is 10.2 Å². The number of hydrogen-bond donors (Lipinski definition) is 4. The first-order valence-corrected chi connectivity index (χ1v) is 20.3. The smallest absolute Gasteiger partial charge is 0.276 e. The van der Waals surface area contributed by atoms with E-state index in [1.54, 1.807) is 45.8 Å². The van der Waals surface area contributed by atoms with Crippen molar-refractivity contribution in [2.75, 3.05) is 23.8 Å². The van der Waals surface area contributed by atoms with Crippen molar-refractivity contribution in [3.63, 3.8) is 0 Å². The van der Waals surface area contributed by atoms with Crippen LogP contribution in [-0.2, 0) is 13.1 Å². The van der Waals surface area contributed by atoms with Crippen LogP contribution in [0.5, 0.6) is 11.5 Å². The second-order valence-electron chi connectivity index (χ2n) is 15.1. The zero-order valence-corrected chi connectivity index (χ0v) is 34.0. The van der Waals surface area contributed by atoms with Crippen LogP contribution in [0.1, 0.15) is 118 Å². The summed E-state index contributed by atoms with van der Waals surface area (Å²) in [4.78, 5) is 61.9. The van der Waals surface area contributed by atoms with Gasteiger partial charge in [-0.15, -0.1) is 0 Å². The van der Waals surface area contributed by atoms with Gasteiger partial charge in [0.15, 0.2) is 0 Å². The first-order chi connectivity index (χ1) is 28.9. The minimum atomic E-state index is -0.613. The van der Waals surface area contributed by atoms with Crippen LogP contribution in [0.4, 0.5) is 11.9 Å². The minimum Gasteiger partial charge on any atom is -0.491 e. The lowest BCUT2D eigenvalue weighted by Gasteiger charge is -2.25. The maximum Gasteiger partial charge on any atom is 0.276 e. The quantitative estimate of drug-likeness (QED) is 0.112. The second-order valence-corrected chi connectivity index (χ2v) is 15.1. The van der Waals surface area contributed by atoms with Crippen LogP contribution in [0.25, 0.3) is 22.1 Å². The topological polar surface area (TPSA) is 234 Å². The van der Waals surface area contributed by atoms with Gasteiger partial charge in [-0.25, -0.2) is 9.97 Å². The Kier molecular flexibility index (Phi) is 10.8. The standard InChI is InChI=1S/C42H48N12O6/c1-5-51-31(17-23(3)49-51)39(57)47-41-45-29-19-25(37(43)55)21-33-35(29)53(41)27(13-9-15-59-33)11-7-8-12-28-14-10-16-60-34-22-26(38(44)56)20-30-36(34)54(28)42(46-30)48-40(58)32-18-24(4)50-52(32)6-2/h7-8,17-22,27-28H,5-6,9-16H2,1-4H3,(H2,43,55)(H2,44,56)(H,45,47,57)(H,46,48,58). The van der Waals surface area contributed by atoms with Gasteiger partial charge >= 0.3 is 0 Å². The number of rotatable bonds is 12. The number of anilines is 2. The maximum absolute atomic E-state index is 13.8. The molecule has 6 aromatic rings. The van der Waals surface area contributed by atoms with Gasteiger partial charge in [-0.1, -0.05) is 12.2 Å². The number of benzene rings is 2. The summed E-state index contributed by atoms with van der Waals surface area (Å²) in [5, 5.41) is 15.0. The lowest BCUT2D eigenvalue weighted by molar-refractivity contribution is 0.0991. The SMILES string of the molecule is CCn1nc(C)cc1C(=O)Nc1nc2cc(C(N)=O)cc3c2n1C(CC=CCC1CCCOc2cc(C(N)=O)cc4nc(NC(=O)c5cc(C)nn5CC)n1c24)CCCO3. The first kappa shape index (κ1) is 39.8. The van der Waals surface area contributed by atoms with Gasteiger partial charge in [0.25, 0.3) is 11.8 Å². The molecule has 0 fully saturated rings. The molecule has 0 bridgehead atoms. The molecule has 0 spiro atoms. The van der Waals surface area contributed by atoms with Crippen molar-refractivity contribution >= 4 is 57.6 Å². The Balaban J connectivity index is 1.13. The van der Waals surface area contributed by atoms with E-state index < -0.39 is 11.8 Å². The predicted molar refractivity (Wildman–Crippen MR) is 224 cm³/mol. The number of carbonyl (C=O) groups excluding carboxylic acids is 4. The molecule has 2 aliphatic rings. The van der Waals surface area contributed by atoms with Gasteiger partial charge in [0.05, 0.1) is 35.6 Å². The Hall–Kier alpha value is -6.98. The monoisotopic (exact) mass is 816 g/mol. The number of hydrogen-bond acceptors (Lipinski definition) is 10. The molecule has 2 unspecified atom stereocenters. The van der Waals surface area contributed by atoms with Crippen LogP contribution in [0.2, 0.25) is 0 Å². The fraction of sp³-hybridized carbons (Fsp3) is 0.381. The molecule has 8 rings (SSSR count). The normalized spacial score (nSPS) is 16.5. The van der Waals surface area contributed by atoms with Gasteiger partial charge in [0, 0.05) is 36.3 Å². The number of ether oxygens (including phenoxy) is 2. The lowest BCUT2D eigenvalue weighted by atomic mass is 10.0. The Morgan fingerprint density at radius 2 is 1.10 bits per heavy atom. The van der Waals surface area contributed by atoms with Gasteiger partial charge in [0.1, 0.15) is 33.9 Å². The average Bonchev–Trinajstić information content (AvgIpc) is 3.97. The fourth-order valence-corrected chi connectivity index (χ4v) is 8.26. The fourth-order valence-electron chi connectivity index (χ4n) is 8.26. The largest absolute Gasteiger partial charge is 0.491 e. The molecule has 4 amide bonds. The number of primary amides is 2. The molecule has 2 aliphatic heterocycles. The van der Waals surface area contributed by atoms with Crippen molar-refractivity contribution in [3.05, 3.63) is 82.5 Å². The Morgan fingerprint density at radius 3 is 1.48 bits per heavy atom. The number of nitrogens with two attached hydrogens (primary N) is 2. The molecule has 0 saturated heterocycles. The zero-order chi connectivity index (χ0) is 42.2. The molecule has 0 aliphatic carbocycles. The number of nitrogens with zero attached hydrogens (tertiary/aromatic N) is 8. The number of carbonyl (C=O) groups is 4. The van der Waals surface area contributed by atoms with Crippen molar-refractivity contribution in [2.45, 2.75) is 91.4 Å². The van der Waals surface area contributed by atoms with Crippen LogP contribution >= 0.6 is 0 Å². The van der Waals surface area contributed by atoms with E-state index in [4.69, 9.17) is 30.9 Å². The lowest BCUT2D eigenvalue weighted by Crippen LogP contribution is -2.22. The van der Waals surface area contributed by atoms with Gasteiger partial charge in [0.2, 0.25) is 23.7 Å². The highest BCUT2D eigenvalue weighted by Crippen LogP contribution is 2.40. The minimum absolute atomic E-state index is 0.151. The molecule has 60 heavy (non-hydrogen) atoms. The van der Waals surface area contributed by atoms with Crippen molar-refractivity contribution < 1.29 is 28.7 Å². The molecule has 6 N–H and O–H groups in total. The van der Waals surface area contributed by atoms with E-state index in [0.29, 0.717) is 122 Å². The molecule has 2 aromatic carbocycles. The zero-order valence-electron chi connectivity index (χ0n) is 34.0. The summed E-state index contributed by atoms with van der Waals surface area (Å²) in [5.74, 6) is -0.397. The number of allylic oxidation sites excluding steroid dienone is 2. The third-order valence-electron chi connectivity index (χ3n) is 11.0. The highest BCUT2D eigenvalue weighted by molar-refractivity contribution is 6.05. The summed E-state index contributed by atoms with van der Waals surface area (Å²) in [6.07, 6.45) is 8.23. The van der Waals surface area contributed by atoms with Crippen molar-refractivity contribution in [1.82, 2.24) is 38.7 Å². The molecular formula is C42H48N12O6. The van der Waals surface area contributed by atoms with Crippen LogP contribution in [0.15, 0.2) is 48.6 Å². The third-order valence-corrected chi connectivity index (χ3v) is 11.0. The molecule has 312 valence electrons. The number of amides is 4. The summed E-state index contributed by atoms with van der Waals surface area (Å²) in [6, 6.07) is 9.66. The van der Waals surface area contributed by atoms with E-state index in [1.165, 1.54) is 0 Å². The van der Waals surface area contributed by atoms with Gasteiger partial charge in [-0.05, 0) is 103 Å². The van der Waals surface area contributed by atoms with E-state index in [9.17, 15) is 19.2 Å². The Bertz CT molecular complexity index is 2520. The van der Waals surface area contributed by atoms with E-state index in [1.807, 2.05) is 36.8 Å². The van der Waals surface area contributed by atoms with E-state index >= 15 is 0 Å². The van der Waals surface area contributed by atoms with Crippen molar-refractivity contribution in [3.8, 4) is 11.5 Å². The molecule has 6 heterocycles. The van der Waals surface area contributed by atoms with E-state index in [2.05, 4.69) is 33.0 Å². The summed E-state index contributed by atoms with van der Waals surface area (Å²) in [5.41, 5.74) is 16.4. The summed E-state index contributed by atoms with van der Waals surface area (Å²) in [7, 11) is 0.